The summed E-state index contributed by atoms with van der Waals surface area (Å²) in [5.41, 5.74) is 2.19. The molecule has 94 valence electrons. The monoisotopic (exact) mass is 391 g/mol. The Hall–Kier alpha value is -0.290. The first kappa shape index (κ1) is 14.1. The lowest BCUT2D eigenvalue weighted by Crippen LogP contribution is -2.19. The van der Waals surface area contributed by atoms with Crippen molar-refractivity contribution in [1.82, 2.24) is 5.32 Å². The van der Waals surface area contributed by atoms with Gasteiger partial charge in [0.25, 0.3) is 0 Å². The second kappa shape index (κ2) is 6.24. The van der Waals surface area contributed by atoms with Gasteiger partial charge >= 0.3 is 0 Å². The quantitative estimate of drug-likeness (QED) is 0.733. The zero-order valence-electron chi connectivity index (χ0n) is 9.75. The zero-order chi connectivity index (χ0) is 13.1. The van der Waals surface area contributed by atoms with Crippen LogP contribution in [0, 0.1) is 3.57 Å². The van der Waals surface area contributed by atoms with E-state index in [1.165, 1.54) is 0 Å². The summed E-state index contributed by atoms with van der Waals surface area (Å²) in [7, 11) is 1.92. The molecule has 0 saturated carbocycles. The molecular formula is C14H12Cl2IN. The average Bonchev–Trinajstić information content (AvgIpc) is 2.36. The van der Waals surface area contributed by atoms with Gasteiger partial charge in [0.15, 0.2) is 0 Å². The smallest absolute Gasteiger partial charge is 0.0600 e. The van der Waals surface area contributed by atoms with Gasteiger partial charge in [0.1, 0.15) is 0 Å². The van der Waals surface area contributed by atoms with Crippen molar-refractivity contribution in [1.29, 1.82) is 0 Å². The van der Waals surface area contributed by atoms with Crippen LogP contribution in [-0.2, 0) is 0 Å². The van der Waals surface area contributed by atoms with E-state index in [1.807, 2.05) is 49.5 Å². The number of halogens is 3. The Morgan fingerprint density at radius 1 is 1.06 bits per heavy atom. The molecule has 0 saturated heterocycles. The highest BCUT2D eigenvalue weighted by molar-refractivity contribution is 14.1. The first-order valence-electron chi connectivity index (χ1n) is 5.50. The fourth-order valence-corrected chi connectivity index (χ4v) is 3.00. The number of benzene rings is 2. The SMILES string of the molecule is CNC(c1ccccc1Cl)c1cc(Cl)ccc1I. The standard InChI is InChI=1S/C14H12Cl2IN/c1-18-14(10-4-2-3-5-12(10)16)11-8-9(15)6-7-13(11)17/h2-8,14,18H,1H3. The van der Waals surface area contributed by atoms with E-state index in [9.17, 15) is 0 Å². The van der Waals surface area contributed by atoms with Crippen LogP contribution in [0.2, 0.25) is 10.0 Å². The topological polar surface area (TPSA) is 12.0 Å². The highest BCUT2D eigenvalue weighted by Gasteiger charge is 2.17. The van der Waals surface area contributed by atoms with E-state index in [2.05, 4.69) is 27.9 Å². The van der Waals surface area contributed by atoms with Gasteiger partial charge in [-0.2, -0.15) is 0 Å². The zero-order valence-corrected chi connectivity index (χ0v) is 13.4. The number of nitrogens with one attached hydrogen (secondary N) is 1. The molecule has 2 rings (SSSR count). The maximum atomic E-state index is 6.26. The molecular weight excluding hydrogens is 380 g/mol. The molecule has 0 bridgehead atoms. The summed E-state index contributed by atoms with van der Waals surface area (Å²) in [4.78, 5) is 0. The molecule has 0 radical (unpaired) electrons. The Kier molecular flexibility index (Phi) is 4.90. The van der Waals surface area contributed by atoms with E-state index < -0.39 is 0 Å². The summed E-state index contributed by atoms with van der Waals surface area (Å²) in [6.45, 7) is 0. The molecule has 1 N–H and O–H groups in total. The van der Waals surface area contributed by atoms with Crippen molar-refractivity contribution in [3.8, 4) is 0 Å². The normalized spacial score (nSPS) is 12.4. The van der Waals surface area contributed by atoms with Gasteiger partial charge in [0, 0.05) is 13.6 Å². The third-order valence-electron chi connectivity index (χ3n) is 2.77. The van der Waals surface area contributed by atoms with E-state index in [-0.39, 0.29) is 6.04 Å². The molecule has 1 nitrogen and oxygen atoms in total. The molecule has 18 heavy (non-hydrogen) atoms. The van der Waals surface area contributed by atoms with Crippen LogP contribution in [0.25, 0.3) is 0 Å². The van der Waals surface area contributed by atoms with Gasteiger partial charge in [0.2, 0.25) is 0 Å². The maximum absolute atomic E-state index is 6.26. The summed E-state index contributed by atoms with van der Waals surface area (Å²) < 4.78 is 1.16. The van der Waals surface area contributed by atoms with Crippen molar-refractivity contribution in [2.24, 2.45) is 0 Å². The van der Waals surface area contributed by atoms with Gasteiger partial charge in [0.05, 0.1) is 6.04 Å². The molecule has 0 spiro atoms. The molecule has 0 aliphatic rings. The lowest BCUT2D eigenvalue weighted by molar-refractivity contribution is 0.689. The maximum Gasteiger partial charge on any atom is 0.0600 e. The molecule has 0 aliphatic heterocycles. The van der Waals surface area contributed by atoms with Crippen LogP contribution in [-0.4, -0.2) is 7.05 Å². The lowest BCUT2D eigenvalue weighted by atomic mass is 9.99. The van der Waals surface area contributed by atoms with Crippen LogP contribution in [0.15, 0.2) is 42.5 Å². The van der Waals surface area contributed by atoms with Crippen molar-refractivity contribution in [2.75, 3.05) is 7.05 Å². The predicted molar refractivity (Wildman–Crippen MR) is 86.5 cm³/mol. The van der Waals surface area contributed by atoms with Gasteiger partial charge in [-0.3, -0.25) is 0 Å². The fourth-order valence-electron chi connectivity index (χ4n) is 1.92. The summed E-state index contributed by atoms with van der Waals surface area (Å²) in [5, 5.41) is 4.79. The Bertz CT molecular complexity index is 557. The molecule has 1 unspecified atom stereocenters. The first-order valence-corrected chi connectivity index (χ1v) is 7.33. The minimum absolute atomic E-state index is 0.0456. The van der Waals surface area contributed by atoms with Crippen LogP contribution >= 0.6 is 45.8 Å². The van der Waals surface area contributed by atoms with E-state index >= 15 is 0 Å². The lowest BCUT2D eigenvalue weighted by Gasteiger charge is -2.20. The molecule has 0 heterocycles. The first-order chi connectivity index (χ1) is 8.63. The van der Waals surface area contributed by atoms with Gasteiger partial charge < -0.3 is 5.32 Å². The van der Waals surface area contributed by atoms with E-state index in [0.717, 1.165) is 24.7 Å². The number of rotatable bonds is 3. The van der Waals surface area contributed by atoms with Crippen LogP contribution in [0.5, 0.6) is 0 Å². The predicted octanol–water partition coefficient (Wildman–Crippen LogP) is 4.91. The summed E-state index contributed by atoms with van der Waals surface area (Å²) in [5.74, 6) is 0. The molecule has 0 amide bonds. The third kappa shape index (κ3) is 2.99. The molecule has 2 aromatic carbocycles. The van der Waals surface area contributed by atoms with Gasteiger partial charge in [-0.25, -0.2) is 0 Å². The van der Waals surface area contributed by atoms with Crippen LogP contribution < -0.4 is 5.32 Å². The van der Waals surface area contributed by atoms with E-state index in [1.54, 1.807) is 0 Å². The van der Waals surface area contributed by atoms with Crippen LogP contribution in [0.4, 0.5) is 0 Å². The average molecular weight is 392 g/mol. The van der Waals surface area contributed by atoms with Crippen LogP contribution in [0.1, 0.15) is 17.2 Å². The number of hydrogen-bond acceptors (Lipinski definition) is 1. The molecule has 4 heteroatoms. The Balaban J connectivity index is 2.52. The third-order valence-corrected chi connectivity index (χ3v) is 4.34. The van der Waals surface area contributed by atoms with Crippen molar-refractivity contribution < 1.29 is 0 Å². The molecule has 2 aromatic rings. The van der Waals surface area contributed by atoms with Crippen LogP contribution in [0.3, 0.4) is 0 Å². The highest BCUT2D eigenvalue weighted by Crippen LogP contribution is 2.32. The van der Waals surface area contributed by atoms with Gasteiger partial charge in [-0.1, -0.05) is 41.4 Å². The van der Waals surface area contributed by atoms with Crippen molar-refractivity contribution in [3.05, 3.63) is 67.2 Å². The highest BCUT2D eigenvalue weighted by atomic mass is 127. The fraction of sp³-hybridized carbons (Fsp3) is 0.143. The Morgan fingerprint density at radius 2 is 1.78 bits per heavy atom. The minimum Gasteiger partial charge on any atom is -0.309 e. The molecule has 0 aromatic heterocycles. The molecule has 0 aliphatic carbocycles. The second-order valence-corrected chi connectivity index (χ2v) is 5.91. The molecule has 1 atom stereocenters. The second-order valence-electron chi connectivity index (χ2n) is 3.91. The van der Waals surface area contributed by atoms with Crippen molar-refractivity contribution >= 4 is 45.8 Å². The van der Waals surface area contributed by atoms with Crippen molar-refractivity contribution in [3.63, 3.8) is 0 Å². The Labute approximate surface area is 131 Å². The summed E-state index contributed by atoms with van der Waals surface area (Å²) in [6.07, 6.45) is 0. The van der Waals surface area contributed by atoms with Gasteiger partial charge in [-0.15, -0.1) is 0 Å². The van der Waals surface area contributed by atoms with E-state index in [4.69, 9.17) is 23.2 Å². The number of hydrogen-bond donors (Lipinski definition) is 1. The summed E-state index contributed by atoms with van der Waals surface area (Å²) in [6, 6.07) is 13.8. The van der Waals surface area contributed by atoms with E-state index in [0.29, 0.717) is 0 Å². The Morgan fingerprint density at radius 3 is 2.44 bits per heavy atom. The van der Waals surface area contributed by atoms with Gasteiger partial charge in [-0.05, 0) is 65.0 Å². The molecule has 0 fully saturated rings. The van der Waals surface area contributed by atoms with Crippen molar-refractivity contribution in [2.45, 2.75) is 6.04 Å². The summed E-state index contributed by atoms with van der Waals surface area (Å²) >= 11 is 14.7. The largest absolute Gasteiger partial charge is 0.309 e. The minimum atomic E-state index is 0.0456.